The van der Waals surface area contributed by atoms with Crippen molar-refractivity contribution in [3.8, 4) is 0 Å². The van der Waals surface area contributed by atoms with E-state index in [0.29, 0.717) is 52.4 Å². The molecule has 198 valence electrons. The molecule has 0 amide bonds. The molecule has 2 aromatic rings. The molecule has 0 saturated carbocycles. The topological polar surface area (TPSA) is 80.5 Å². The van der Waals surface area contributed by atoms with E-state index in [2.05, 4.69) is 0 Å². The third-order valence-electron chi connectivity index (χ3n) is 7.57. The van der Waals surface area contributed by atoms with Gasteiger partial charge in [-0.1, -0.05) is 68.6 Å². The molecule has 0 aromatic heterocycles. The van der Waals surface area contributed by atoms with Gasteiger partial charge in [-0.05, 0) is 53.5 Å². The van der Waals surface area contributed by atoms with Gasteiger partial charge < -0.3 is 4.90 Å². The fourth-order valence-corrected chi connectivity index (χ4v) is 6.56. The van der Waals surface area contributed by atoms with Crippen molar-refractivity contribution in [3.63, 3.8) is 0 Å². The largest absolute Gasteiger partial charge is 0.317 e. The molecule has 2 aliphatic carbocycles. The summed E-state index contributed by atoms with van der Waals surface area (Å²) in [5.41, 5.74) is 2.89. The molecule has 1 heterocycles. The van der Waals surface area contributed by atoms with Crippen molar-refractivity contribution >= 4 is 57.7 Å². The zero-order chi connectivity index (χ0) is 27.7. The zero-order valence-corrected chi connectivity index (χ0v) is 23.8. The lowest BCUT2D eigenvalue weighted by Crippen LogP contribution is -2.44. The van der Waals surface area contributed by atoms with Gasteiger partial charge in [0.25, 0.3) is 5.69 Å². The minimum Gasteiger partial charge on any atom is -0.317 e. The molecule has 9 heteroatoms. The van der Waals surface area contributed by atoms with E-state index in [1.54, 1.807) is 18.2 Å². The van der Waals surface area contributed by atoms with Crippen LogP contribution >= 0.6 is 34.8 Å². The van der Waals surface area contributed by atoms with E-state index in [4.69, 9.17) is 34.8 Å². The Morgan fingerprint density at radius 3 is 1.82 bits per heavy atom. The van der Waals surface area contributed by atoms with Gasteiger partial charge in [0, 0.05) is 53.1 Å². The van der Waals surface area contributed by atoms with E-state index >= 15 is 0 Å². The summed E-state index contributed by atoms with van der Waals surface area (Å²) >= 11 is 18.8. The number of nitro groups is 1. The summed E-state index contributed by atoms with van der Waals surface area (Å²) in [6, 6.07) is 9.86. The summed E-state index contributed by atoms with van der Waals surface area (Å²) in [5.74, 6) is -0.872. The number of anilines is 1. The van der Waals surface area contributed by atoms with Gasteiger partial charge >= 0.3 is 0 Å². The lowest BCUT2D eigenvalue weighted by molar-refractivity contribution is -0.384. The van der Waals surface area contributed by atoms with E-state index in [1.165, 1.54) is 12.1 Å². The maximum absolute atomic E-state index is 13.9. The SMILES string of the molecule is CC1(C)CC(=O)C2=C(C1)N(c1ccc(Cl)c(Cl)c1)C1=C(C(=O)CC(C)(C)C1)C2c1ccc(Cl)c([N+](=O)[O-])c1. The predicted molar refractivity (Wildman–Crippen MR) is 150 cm³/mol. The number of halogens is 3. The first kappa shape index (κ1) is 26.9. The molecule has 6 nitrogen and oxygen atoms in total. The van der Waals surface area contributed by atoms with Gasteiger partial charge in [0.15, 0.2) is 11.6 Å². The second-order valence-corrected chi connectivity index (χ2v) is 13.2. The summed E-state index contributed by atoms with van der Waals surface area (Å²) in [6.07, 6.45) is 1.75. The molecule has 1 aliphatic heterocycles. The standard InChI is InChI=1S/C29H27Cl3N2O4/c1-28(2)11-21-26(23(35)13-28)25(15-5-7-18(31)20(9-15)34(37)38)27-22(12-29(3,4)14-24(27)36)33(21)16-6-8-17(30)19(32)10-16/h5-10,25H,11-14H2,1-4H3. The molecule has 0 bridgehead atoms. The van der Waals surface area contributed by atoms with Crippen molar-refractivity contribution in [2.75, 3.05) is 4.90 Å². The number of rotatable bonds is 3. The van der Waals surface area contributed by atoms with Crippen molar-refractivity contribution < 1.29 is 14.5 Å². The number of hydrogen-bond donors (Lipinski definition) is 0. The number of nitro benzene ring substituents is 1. The van der Waals surface area contributed by atoms with Gasteiger partial charge in [-0.2, -0.15) is 0 Å². The number of benzene rings is 2. The van der Waals surface area contributed by atoms with E-state index in [1.807, 2.05) is 38.7 Å². The molecule has 2 aromatic carbocycles. The van der Waals surface area contributed by atoms with Crippen LogP contribution in [0, 0.1) is 20.9 Å². The average Bonchev–Trinajstić information content (AvgIpc) is 2.78. The number of hydrogen-bond acceptors (Lipinski definition) is 5. The quantitative estimate of drug-likeness (QED) is 0.272. The van der Waals surface area contributed by atoms with Crippen LogP contribution in [0.4, 0.5) is 11.4 Å². The van der Waals surface area contributed by atoms with Gasteiger partial charge in [-0.25, -0.2) is 0 Å². The van der Waals surface area contributed by atoms with E-state index in [9.17, 15) is 19.7 Å². The number of carbonyl (C=O) groups is 2. The minimum atomic E-state index is -0.720. The fraction of sp³-hybridized carbons (Fsp3) is 0.379. The molecular formula is C29H27Cl3N2O4. The Labute approximate surface area is 236 Å². The minimum absolute atomic E-state index is 0.00241. The Morgan fingerprint density at radius 2 is 1.32 bits per heavy atom. The van der Waals surface area contributed by atoms with Crippen molar-refractivity contribution in [2.45, 2.75) is 59.3 Å². The molecule has 3 aliphatic rings. The summed E-state index contributed by atoms with van der Waals surface area (Å²) < 4.78 is 0. The Kier molecular flexibility index (Phi) is 6.53. The van der Waals surface area contributed by atoms with E-state index < -0.39 is 10.8 Å². The van der Waals surface area contributed by atoms with Crippen LogP contribution in [0.25, 0.3) is 0 Å². The summed E-state index contributed by atoms with van der Waals surface area (Å²) in [6.45, 7) is 8.18. The third kappa shape index (κ3) is 4.57. The number of allylic oxidation sites excluding steroid dienone is 4. The molecule has 0 unspecified atom stereocenters. The van der Waals surface area contributed by atoms with Crippen molar-refractivity contribution in [1.29, 1.82) is 0 Å². The third-order valence-corrected chi connectivity index (χ3v) is 8.63. The van der Waals surface area contributed by atoms with Gasteiger partial charge in [-0.3, -0.25) is 19.7 Å². The average molecular weight is 574 g/mol. The fourth-order valence-electron chi connectivity index (χ4n) is 6.08. The van der Waals surface area contributed by atoms with Crippen LogP contribution in [-0.4, -0.2) is 16.5 Å². The first-order chi connectivity index (χ1) is 17.7. The Morgan fingerprint density at radius 1 is 0.789 bits per heavy atom. The van der Waals surface area contributed by atoms with Gasteiger partial charge in [0.2, 0.25) is 0 Å². The molecule has 0 spiro atoms. The van der Waals surface area contributed by atoms with Crippen LogP contribution in [0.1, 0.15) is 64.9 Å². The van der Waals surface area contributed by atoms with Crippen molar-refractivity contribution in [2.24, 2.45) is 10.8 Å². The number of ketones is 2. The number of nitrogens with zero attached hydrogens (tertiary/aromatic N) is 2. The smallest absolute Gasteiger partial charge is 0.288 e. The normalized spacial score (nSPS) is 21.0. The predicted octanol–water partition coefficient (Wildman–Crippen LogP) is 8.45. The van der Waals surface area contributed by atoms with Crippen molar-refractivity contribution in [3.05, 3.63) is 89.7 Å². The van der Waals surface area contributed by atoms with Gasteiger partial charge in [0.05, 0.1) is 15.0 Å². The molecule has 5 rings (SSSR count). The lowest BCUT2D eigenvalue weighted by Gasteiger charge is -2.49. The van der Waals surface area contributed by atoms with Crippen LogP contribution < -0.4 is 4.90 Å². The number of Topliss-reactive ketones (excluding diaryl/α,β-unsaturated/α-hetero) is 2. The first-order valence-electron chi connectivity index (χ1n) is 12.4. The lowest BCUT2D eigenvalue weighted by atomic mass is 9.63. The first-order valence-corrected chi connectivity index (χ1v) is 13.5. The highest BCUT2D eigenvalue weighted by Crippen LogP contribution is 2.56. The highest BCUT2D eigenvalue weighted by atomic mass is 35.5. The Bertz CT molecular complexity index is 1430. The highest BCUT2D eigenvalue weighted by molar-refractivity contribution is 6.42. The maximum Gasteiger partial charge on any atom is 0.288 e. The molecule has 0 radical (unpaired) electrons. The van der Waals surface area contributed by atoms with Gasteiger partial charge in [-0.15, -0.1) is 0 Å². The van der Waals surface area contributed by atoms with E-state index in [0.717, 1.165) is 17.1 Å². The Hall–Kier alpha value is -2.67. The van der Waals surface area contributed by atoms with Crippen LogP contribution in [0.3, 0.4) is 0 Å². The summed E-state index contributed by atoms with van der Waals surface area (Å²) in [7, 11) is 0. The molecule has 0 fully saturated rings. The molecular weight excluding hydrogens is 547 g/mol. The molecule has 0 saturated heterocycles. The molecule has 0 atom stereocenters. The highest BCUT2D eigenvalue weighted by Gasteiger charge is 2.49. The summed E-state index contributed by atoms with van der Waals surface area (Å²) in [4.78, 5) is 41.0. The monoisotopic (exact) mass is 572 g/mol. The number of carbonyl (C=O) groups excluding carboxylic acids is 2. The second-order valence-electron chi connectivity index (χ2n) is 11.9. The van der Waals surface area contributed by atoms with Gasteiger partial charge in [0.1, 0.15) is 5.02 Å². The van der Waals surface area contributed by atoms with Crippen molar-refractivity contribution in [1.82, 2.24) is 0 Å². The van der Waals surface area contributed by atoms with Crippen LogP contribution in [0.15, 0.2) is 58.9 Å². The molecule has 38 heavy (non-hydrogen) atoms. The second kappa shape index (κ2) is 9.22. The van der Waals surface area contributed by atoms with Crippen LogP contribution in [0.5, 0.6) is 0 Å². The van der Waals surface area contributed by atoms with Crippen LogP contribution in [-0.2, 0) is 9.59 Å². The summed E-state index contributed by atoms with van der Waals surface area (Å²) in [5, 5.41) is 12.5. The zero-order valence-electron chi connectivity index (χ0n) is 21.5. The van der Waals surface area contributed by atoms with E-state index in [-0.39, 0.29) is 33.1 Å². The Balaban J connectivity index is 1.85. The molecule has 0 N–H and O–H groups in total. The maximum atomic E-state index is 13.9. The van der Waals surface area contributed by atoms with Crippen LogP contribution in [0.2, 0.25) is 15.1 Å².